The fourth-order valence-corrected chi connectivity index (χ4v) is 3.77. The highest BCUT2D eigenvalue weighted by atomic mass is 32.2. The van der Waals surface area contributed by atoms with E-state index < -0.39 is 6.04 Å². The summed E-state index contributed by atoms with van der Waals surface area (Å²) < 4.78 is 10.8. The van der Waals surface area contributed by atoms with E-state index in [2.05, 4.69) is 0 Å². The molecule has 1 amide bonds. The average Bonchev–Trinajstić information content (AvgIpc) is 3.24. The minimum absolute atomic E-state index is 0.0104. The highest BCUT2D eigenvalue weighted by molar-refractivity contribution is 7.99. The van der Waals surface area contributed by atoms with Crippen molar-refractivity contribution >= 4 is 23.6 Å². The summed E-state index contributed by atoms with van der Waals surface area (Å²) in [4.78, 5) is 26.4. The summed E-state index contributed by atoms with van der Waals surface area (Å²) in [5, 5.41) is 0. The minimum Gasteiger partial charge on any atom is -0.461 e. The van der Waals surface area contributed by atoms with Gasteiger partial charge in [0.15, 0.2) is 0 Å². The largest absolute Gasteiger partial charge is 0.461 e. The minimum atomic E-state index is -0.501. The number of rotatable bonds is 4. The van der Waals surface area contributed by atoms with Crippen LogP contribution in [-0.4, -0.2) is 53.8 Å². The molecule has 2 aliphatic rings. The number of amides is 1. The Bertz CT molecular complexity index is 530. The van der Waals surface area contributed by atoms with Gasteiger partial charge in [-0.3, -0.25) is 4.79 Å². The van der Waals surface area contributed by atoms with Crippen molar-refractivity contribution in [2.45, 2.75) is 25.0 Å². The van der Waals surface area contributed by atoms with Gasteiger partial charge in [0.2, 0.25) is 0 Å². The van der Waals surface area contributed by atoms with Gasteiger partial charge in [-0.2, -0.15) is 0 Å². The number of carbonyl (C=O) groups excluding carboxylic acids is 2. The molecule has 0 aliphatic carbocycles. The van der Waals surface area contributed by atoms with Crippen LogP contribution < -0.4 is 0 Å². The van der Waals surface area contributed by atoms with Crippen LogP contribution >= 0.6 is 11.8 Å². The summed E-state index contributed by atoms with van der Waals surface area (Å²) in [5.74, 6) is 0.658. The SMILES string of the molecule is O=C(OC[C@@H]1CCCO1)[C@@H]1CSCN1C(=O)c1ccccc1. The van der Waals surface area contributed by atoms with E-state index in [1.807, 2.05) is 18.2 Å². The Morgan fingerprint density at radius 2 is 2.14 bits per heavy atom. The van der Waals surface area contributed by atoms with E-state index in [4.69, 9.17) is 9.47 Å². The van der Waals surface area contributed by atoms with Gasteiger partial charge in [-0.25, -0.2) is 4.79 Å². The molecule has 0 unspecified atom stereocenters. The Hall–Kier alpha value is -1.53. The number of esters is 1. The van der Waals surface area contributed by atoms with Crippen LogP contribution in [0.15, 0.2) is 30.3 Å². The molecule has 0 N–H and O–H groups in total. The van der Waals surface area contributed by atoms with Crippen molar-refractivity contribution in [3.05, 3.63) is 35.9 Å². The van der Waals surface area contributed by atoms with Crippen molar-refractivity contribution in [1.29, 1.82) is 0 Å². The molecular weight excluding hydrogens is 302 g/mol. The molecule has 3 rings (SSSR count). The number of thioether (sulfide) groups is 1. The maximum atomic E-state index is 12.5. The van der Waals surface area contributed by atoms with E-state index in [0.717, 1.165) is 19.4 Å². The Balaban J connectivity index is 1.60. The number of nitrogens with zero attached hydrogens (tertiary/aromatic N) is 1. The lowest BCUT2D eigenvalue weighted by molar-refractivity contribution is -0.150. The highest BCUT2D eigenvalue weighted by Gasteiger charge is 2.36. The lowest BCUT2D eigenvalue weighted by Gasteiger charge is -2.23. The molecule has 0 aromatic heterocycles. The molecule has 2 fully saturated rings. The van der Waals surface area contributed by atoms with E-state index in [-0.39, 0.29) is 24.6 Å². The Labute approximate surface area is 134 Å². The normalized spacial score (nSPS) is 24.5. The fourth-order valence-electron chi connectivity index (χ4n) is 2.63. The van der Waals surface area contributed by atoms with Crippen molar-refractivity contribution in [3.8, 4) is 0 Å². The van der Waals surface area contributed by atoms with Crippen LogP contribution in [0, 0.1) is 0 Å². The van der Waals surface area contributed by atoms with Crippen LogP contribution in [0.1, 0.15) is 23.2 Å². The summed E-state index contributed by atoms with van der Waals surface area (Å²) >= 11 is 1.57. The molecule has 0 radical (unpaired) electrons. The average molecular weight is 321 g/mol. The van der Waals surface area contributed by atoms with Gasteiger partial charge in [-0.05, 0) is 25.0 Å². The van der Waals surface area contributed by atoms with Crippen molar-refractivity contribution < 1.29 is 19.1 Å². The third-order valence-electron chi connectivity index (χ3n) is 3.87. The molecule has 6 heteroatoms. The molecule has 118 valence electrons. The van der Waals surface area contributed by atoms with Gasteiger partial charge in [-0.1, -0.05) is 18.2 Å². The zero-order valence-corrected chi connectivity index (χ0v) is 13.1. The predicted molar refractivity (Wildman–Crippen MR) is 83.7 cm³/mol. The predicted octanol–water partition coefficient (Wildman–Crippen LogP) is 1.92. The molecular formula is C16H19NO4S. The first kappa shape index (κ1) is 15.4. The molecule has 2 atom stereocenters. The second kappa shape index (κ2) is 7.15. The molecule has 2 saturated heterocycles. The monoisotopic (exact) mass is 321 g/mol. The summed E-state index contributed by atoms with van der Waals surface area (Å²) in [6, 6.07) is 8.53. The first-order valence-corrected chi connectivity index (χ1v) is 8.63. The third kappa shape index (κ3) is 3.44. The topological polar surface area (TPSA) is 55.8 Å². The maximum Gasteiger partial charge on any atom is 0.329 e. The molecule has 2 heterocycles. The number of hydrogen-bond donors (Lipinski definition) is 0. The number of hydrogen-bond acceptors (Lipinski definition) is 5. The quantitative estimate of drug-likeness (QED) is 0.793. The Morgan fingerprint density at radius 3 is 2.86 bits per heavy atom. The van der Waals surface area contributed by atoms with Crippen LogP contribution in [0.5, 0.6) is 0 Å². The Morgan fingerprint density at radius 1 is 1.32 bits per heavy atom. The van der Waals surface area contributed by atoms with Crippen LogP contribution in [0.3, 0.4) is 0 Å². The molecule has 2 aliphatic heterocycles. The van der Waals surface area contributed by atoms with E-state index in [1.165, 1.54) is 0 Å². The van der Waals surface area contributed by atoms with Crippen molar-refractivity contribution in [3.63, 3.8) is 0 Å². The number of benzene rings is 1. The summed E-state index contributed by atoms with van der Waals surface area (Å²) in [7, 11) is 0. The van der Waals surface area contributed by atoms with Gasteiger partial charge >= 0.3 is 5.97 Å². The van der Waals surface area contributed by atoms with Crippen molar-refractivity contribution in [1.82, 2.24) is 4.90 Å². The first-order chi connectivity index (χ1) is 10.8. The van der Waals surface area contributed by atoms with E-state index in [9.17, 15) is 9.59 Å². The smallest absolute Gasteiger partial charge is 0.329 e. The summed E-state index contributed by atoms with van der Waals surface area (Å²) in [5.41, 5.74) is 0.599. The zero-order valence-electron chi connectivity index (χ0n) is 12.3. The van der Waals surface area contributed by atoms with E-state index >= 15 is 0 Å². The molecule has 0 saturated carbocycles. The first-order valence-electron chi connectivity index (χ1n) is 7.47. The molecule has 0 spiro atoms. The van der Waals surface area contributed by atoms with E-state index in [1.54, 1.807) is 28.8 Å². The van der Waals surface area contributed by atoms with Gasteiger partial charge in [0.05, 0.1) is 12.0 Å². The third-order valence-corrected chi connectivity index (χ3v) is 4.88. The second-order valence-electron chi connectivity index (χ2n) is 5.42. The highest BCUT2D eigenvalue weighted by Crippen LogP contribution is 2.24. The van der Waals surface area contributed by atoms with Gasteiger partial charge in [0.25, 0.3) is 5.91 Å². The van der Waals surface area contributed by atoms with Crippen LogP contribution in [0.25, 0.3) is 0 Å². The van der Waals surface area contributed by atoms with Crippen LogP contribution in [0.4, 0.5) is 0 Å². The van der Waals surface area contributed by atoms with Gasteiger partial charge in [-0.15, -0.1) is 11.8 Å². The second-order valence-corrected chi connectivity index (χ2v) is 6.42. The maximum absolute atomic E-state index is 12.5. The number of ether oxygens (including phenoxy) is 2. The standard InChI is InChI=1S/C16H19NO4S/c18-15(12-5-2-1-3-6-12)17-11-22-10-14(17)16(19)21-9-13-7-4-8-20-13/h1-3,5-6,13-14H,4,7-11H2/t13-,14-/m0/s1. The summed E-state index contributed by atoms with van der Waals surface area (Å²) in [6.45, 7) is 1.02. The molecule has 5 nitrogen and oxygen atoms in total. The Kier molecular flexibility index (Phi) is 5.00. The van der Waals surface area contributed by atoms with Gasteiger partial charge in [0, 0.05) is 17.9 Å². The molecule has 1 aromatic carbocycles. The van der Waals surface area contributed by atoms with Crippen molar-refractivity contribution in [2.24, 2.45) is 0 Å². The number of carbonyl (C=O) groups is 2. The lowest BCUT2D eigenvalue weighted by atomic mass is 10.2. The zero-order chi connectivity index (χ0) is 15.4. The van der Waals surface area contributed by atoms with E-state index in [0.29, 0.717) is 17.2 Å². The van der Waals surface area contributed by atoms with Crippen LogP contribution in [0.2, 0.25) is 0 Å². The van der Waals surface area contributed by atoms with Crippen LogP contribution in [-0.2, 0) is 14.3 Å². The van der Waals surface area contributed by atoms with Crippen molar-refractivity contribution in [2.75, 3.05) is 24.8 Å². The van der Waals surface area contributed by atoms with Gasteiger partial charge in [0.1, 0.15) is 12.6 Å². The fraction of sp³-hybridized carbons (Fsp3) is 0.500. The molecule has 1 aromatic rings. The molecule has 22 heavy (non-hydrogen) atoms. The van der Waals surface area contributed by atoms with Gasteiger partial charge < -0.3 is 14.4 Å². The summed E-state index contributed by atoms with van der Waals surface area (Å²) in [6.07, 6.45) is 1.95. The lowest BCUT2D eigenvalue weighted by Crippen LogP contribution is -2.43. The molecule has 0 bridgehead atoms.